The third-order valence-electron chi connectivity index (χ3n) is 4.16. The Hall–Kier alpha value is -1.37. The van der Waals surface area contributed by atoms with Crippen LogP contribution in [0.5, 0.6) is 0 Å². The highest BCUT2D eigenvalue weighted by atomic mass is 32.2. The summed E-state index contributed by atoms with van der Waals surface area (Å²) in [5.74, 6) is 0. The SMILES string of the molecule is CN1CCCN(S(=O)(=O)c2cn(C)c3ccccc23)CC1. The average Bonchev–Trinajstić information content (AvgIpc) is 2.65. The zero-order chi connectivity index (χ0) is 15.0. The van der Waals surface area contributed by atoms with Crippen molar-refractivity contribution in [2.45, 2.75) is 11.3 Å². The van der Waals surface area contributed by atoms with E-state index in [4.69, 9.17) is 0 Å². The van der Waals surface area contributed by atoms with Gasteiger partial charge in [-0.05, 0) is 26.1 Å². The normalized spacial score (nSPS) is 19.0. The van der Waals surface area contributed by atoms with Gasteiger partial charge in [0.25, 0.3) is 0 Å². The Morgan fingerprint density at radius 3 is 2.57 bits per heavy atom. The topological polar surface area (TPSA) is 45.6 Å². The molecule has 21 heavy (non-hydrogen) atoms. The molecule has 1 aliphatic rings. The van der Waals surface area contributed by atoms with Gasteiger partial charge in [-0.2, -0.15) is 4.31 Å². The number of fused-ring (bicyclic) bond motifs is 1. The van der Waals surface area contributed by atoms with Gasteiger partial charge in [0.1, 0.15) is 4.90 Å². The number of aromatic nitrogens is 1. The minimum Gasteiger partial charge on any atom is -0.349 e. The van der Waals surface area contributed by atoms with Crippen molar-refractivity contribution in [2.24, 2.45) is 7.05 Å². The van der Waals surface area contributed by atoms with Crippen LogP contribution >= 0.6 is 0 Å². The molecule has 0 bridgehead atoms. The van der Waals surface area contributed by atoms with Crippen molar-refractivity contribution < 1.29 is 8.42 Å². The second-order valence-electron chi connectivity index (χ2n) is 5.68. The number of rotatable bonds is 2. The molecule has 0 amide bonds. The van der Waals surface area contributed by atoms with E-state index in [0.717, 1.165) is 30.4 Å². The van der Waals surface area contributed by atoms with Gasteiger partial charge in [-0.25, -0.2) is 8.42 Å². The van der Waals surface area contributed by atoms with Crippen molar-refractivity contribution in [2.75, 3.05) is 33.2 Å². The van der Waals surface area contributed by atoms with Gasteiger partial charge in [0, 0.05) is 43.8 Å². The summed E-state index contributed by atoms with van der Waals surface area (Å²) in [5.41, 5.74) is 0.947. The van der Waals surface area contributed by atoms with Crippen molar-refractivity contribution in [3.05, 3.63) is 30.5 Å². The molecule has 0 N–H and O–H groups in total. The van der Waals surface area contributed by atoms with Gasteiger partial charge < -0.3 is 9.47 Å². The molecule has 114 valence electrons. The van der Waals surface area contributed by atoms with E-state index in [1.54, 1.807) is 10.5 Å². The Morgan fingerprint density at radius 1 is 1.00 bits per heavy atom. The third kappa shape index (κ3) is 2.59. The molecule has 0 saturated carbocycles. The summed E-state index contributed by atoms with van der Waals surface area (Å²) in [6.07, 6.45) is 2.61. The van der Waals surface area contributed by atoms with Gasteiger partial charge in [0.05, 0.1) is 0 Å². The van der Waals surface area contributed by atoms with Crippen molar-refractivity contribution in [1.29, 1.82) is 0 Å². The van der Waals surface area contributed by atoms with Crippen LogP contribution in [0.3, 0.4) is 0 Å². The third-order valence-corrected chi connectivity index (χ3v) is 6.08. The number of nitrogens with zero attached hydrogens (tertiary/aromatic N) is 3. The van der Waals surface area contributed by atoms with E-state index in [-0.39, 0.29) is 0 Å². The number of hydrogen-bond acceptors (Lipinski definition) is 3. The predicted octanol–water partition coefficient (Wildman–Crippen LogP) is 1.50. The lowest BCUT2D eigenvalue weighted by Crippen LogP contribution is -2.34. The summed E-state index contributed by atoms with van der Waals surface area (Å²) >= 11 is 0. The van der Waals surface area contributed by atoms with Crippen LogP contribution in [-0.4, -0.2) is 55.4 Å². The Balaban J connectivity index is 2.04. The van der Waals surface area contributed by atoms with Crippen LogP contribution in [-0.2, 0) is 17.1 Å². The fraction of sp³-hybridized carbons (Fsp3) is 0.467. The number of likely N-dealkylation sites (N-methyl/N-ethyl adjacent to an activating group) is 1. The Bertz CT molecular complexity index is 751. The highest BCUT2D eigenvalue weighted by Gasteiger charge is 2.28. The monoisotopic (exact) mass is 307 g/mol. The van der Waals surface area contributed by atoms with E-state index < -0.39 is 10.0 Å². The molecule has 1 aromatic heterocycles. The summed E-state index contributed by atoms with van der Waals surface area (Å²) in [4.78, 5) is 2.60. The lowest BCUT2D eigenvalue weighted by Gasteiger charge is -2.19. The smallest absolute Gasteiger partial charge is 0.245 e. The zero-order valence-corrected chi connectivity index (χ0v) is 13.3. The minimum atomic E-state index is -3.43. The second-order valence-corrected chi connectivity index (χ2v) is 7.59. The maximum atomic E-state index is 13.0. The summed E-state index contributed by atoms with van der Waals surface area (Å²) in [7, 11) is 0.493. The van der Waals surface area contributed by atoms with Crippen LogP contribution in [0.15, 0.2) is 35.4 Å². The van der Waals surface area contributed by atoms with E-state index in [9.17, 15) is 8.42 Å². The Morgan fingerprint density at radius 2 is 1.76 bits per heavy atom. The first-order valence-corrected chi connectivity index (χ1v) is 8.67. The Labute approximate surface area is 125 Å². The molecule has 0 atom stereocenters. The maximum Gasteiger partial charge on any atom is 0.245 e. The molecule has 1 saturated heterocycles. The van der Waals surface area contributed by atoms with E-state index >= 15 is 0 Å². The second kappa shape index (κ2) is 5.44. The summed E-state index contributed by atoms with van der Waals surface area (Å²) in [6.45, 7) is 2.88. The lowest BCUT2D eigenvalue weighted by molar-refractivity contribution is 0.347. The highest BCUT2D eigenvalue weighted by Crippen LogP contribution is 2.27. The largest absolute Gasteiger partial charge is 0.349 e. The quantitative estimate of drug-likeness (QED) is 0.845. The molecule has 0 unspecified atom stereocenters. The summed E-state index contributed by atoms with van der Waals surface area (Å²) in [6, 6.07) is 7.65. The molecule has 3 rings (SSSR count). The molecule has 2 aromatic rings. The number of hydrogen-bond donors (Lipinski definition) is 0. The molecule has 1 fully saturated rings. The molecule has 0 spiro atoms. The first kappa shape index (κ1) is 14.6. The first-order valence-electron chi connectivity index (χ1n) is 7.23. The molecule has 2 heterocycles. The zero-order valence-electron chi connectivity index (χ0n) is 12.5. The van der Waals surface area contributed by atoms with Crippen molar-refractivity contribution in [3.63, 3.8) is 0 Å². The first-order chi connectivity index (χ1) is 10.00. The van der Waals surface area contributed by atoms with Crippen LogP contribution in [0.4, 0.5) is 0 Å². The fourth-order valence-electron chi connectivity index (χ4n) is 2.91. The fourth-order valence-corrected chi connectivity index (χ4v) is 4.62. The Kier molecular flexibility index (Phi) is 3.77. The van der Waals surface area contributed by atoms with E-state index in [1.807, 2.05) is 42.9 Å². The summed E-state index contributed by atoms with van der Waals surface area (Å²) < 4.78 is 29.4. The standard InChI is InChI=1S/C15H21N3O2S/c1-16-8-5-9-18(11-10-16)21(19,20)15-12-17(2)14-7-4-3-6-13(14)15/h3-4,6-7,12H,5,8-11H2,1-2H3. The average molecular weight is 307 g/mol. The van der Waals surface area contributed by atoms with Crippen molar-refractivity contribution in [1.82, 2.24) is 13.8 Å². The van der Waals surface area contributed by atoms with Crippen LogP contribution in [0.1, 0.15) is 6.42 Å². The lowest BCUT2D eigenvalue weighted by atomic mass is 10.2. The van der Waals surface area contributed by atoms with Gasteiger partial charge in [-0.1, -0.05) is 18.2 Å². The van der Waals surface area contributed by atoms with Gasteiger partial charge in [-0.3, -0.25) is 0 Å². The minimum absolute atomic E-state index is 0.421. The molecule has 0 radical (unpaired) electrons. The van der Waals surface area contributed by atoms with E-state index in [0.29, 0.717) is 18.0 Å². The van der Waals surface area contributed by atoms with Crippen molar-refractivity contribution >= 4 is 20.9 Å². The van der Waals surface area contributed by atoms with E-state index in [2.05, 4.69) is 4.90 Å². The molecule has 0 aliphatic carbocycles. The van der Waals surface area contributed by atoms with Gasteiger partial charge in [0.2, 0.25) is 10.0 Å². The predicted molar refractivity (Wildman–Crippen MR) is 83.8 cm³/mol. The number of benzene rings is 1. The molecule has 1 aromatic carbocycles. The summed E-state index contributed by atoms with van der Waals surface area (Å²) in [5, 5.41) is 0.803. The van der Waals surface area contributed by atoms with Crippen LogP contribution in [0, 0.1) is 0 Å². The van der Waals surface area contributed by atoms with Gasteiger partial charge in [0.15, 0.2) is 0 Å². The molecular formula is C15H21N3O2S. The molecule has 6 heteroatoms. The molecule has 1 aliphatic heterocycles. The van der Waals surface area contributed by atoms with Gasteiger partial charge in [-0.15, -0.1) is 0 Å². The van der Waals surface area contributed by atoms with Crippen molar-refractivity contribution in [3.8, 4) is 0 Å². The van der Waals surface area contributed by atoms with Crippen LogP contribution in [0.2, 0.25) is 0 Å². The number of para-hydroxylation sites is 1. The van der Waals surface area contributed by atoms with E-state index in [1.165, 1.54) is 0 Å². The maximum absolute atomic E-state index is 13.0. The number of sulfonamides is 1. The number of aryl methyl sites for hydroxylation is 1. The molecular weight excluding hydrogens is 286 g/mol. The van der Waals surface area contributed by atoms with Crippen LogP contribution < -0.4 is 0 Å². The van der Waals surface area contributed by atoms with Gasteiger partial charge >= 0.3 is 0 Å². The highest BCUT2D eigenvalue weighted by molar-refractivity contribution is 7.89. The van der Waals surface area contributed by atoms with Crippen LogP contribution in [0.25, 0.3) is 10.9 Å². The molecule has 5 nitrogen and oxygen atoms in total.